The maximum Gasteiger partial charge on any atom is 0.315 e. The Morgan fingerprint density at radius 1 is 1.42 bits per heavy atom. The molecule has 4 nitrogen and oxygen atoms in total. The third-order valence-corrected chi connectivity index (χ3v) is 2.87. The third kappa shape index (κ3) is 3.13. The van der Waals surface area contributed by atoms with E-state index in [2.05, 4.69) is 0 Å². The van der Waals surface area contributed by atoms with Crippen molar-refractivity contribution in [2.24, 2.45) is 0 Å². The number of hydrogen-bond donors (Lipinski definition) is 0. The van der Waals surface area contributed by atoms with Crippen molar-refractivity contribution in [3.8, 4) is 11.5 Å². The Labute approximate surface area is 109 Å². The summed E-state index contributed by atoms with van der Waals surface area (Å²) in [5, 5.41) is 0. The normalized spacial score (nSPS) is 17.4. The Bertz CT molecular complexity index is 453. The highest BCUT2D eigenvalue weighted by Crippen LogP contribution is 2.31. The van der Waals surface area contributed by atoms with E-state index in [0.29, 0.717) is 11.5 Å². The maximum atomic E-state index is 12.4. The minimum absolute atomic E-state index is 0.0913. The molecule has 0 fully saturated rings. The molecule has 0 radical (unpaired) electrons. The van der Waals surface area contributed by atoms with Crippen molar-refractivity contribution in [2.75, 3.05) is 19.7 Å². The summed E-state index contributed by atoms with van der Waals surface area (Å²) < 4.78 is 35.9. The Morgan fingerprint density at radius 2 is 2.11 bits per heavy atom. The Morgan fingerprint density at radius 3 is 2.74 bits per heavy atom. The molecular formula is C13H15F2NO3. The van der Waals surface area contributed by atoms with E-state index in [9.17, 15) is 13.6 Å². The largest absolute Gasteiger partial charge is 0.486 e. The van der Waals surface area contributed by atoms with Gasteiger partial charge in [0, 0.05) is 6.54 Å². The summed E-state index contributed by atoms with van der Waals surface area (Å²) in [5.41, 5.74) is 0. The number of carbonyl (C=O) groups is 1. The second-order valence-electron chi connectivity index (χ2n) is 4.18. The summed E-state index contributed by atoms with van der Waals surface area (Å²) in [6.07, 6.45) is -3.42. The predicted octanol–water partition coefficient (Wildman–Crippen LogP) is 1.94. The van der Waals surface area contributed by atoms with Crippen LogP contribution in [0.5, 0.6) is 11.5 Å². The van der Waals surface area contributed by atoms with Gasteiger partial charge in [0.05, 0.1) is 6.54 Å². The quantitative estimate of drug-likeness (QED) is 0.840. The molecule has 0 saturated heterocycles. The van der Waals surface area contributed by atoms with Gasteiger partial charge in [-0.25, -0.2) is 0 Å². The molecule has 1 atom stereocenters. The lowest BCUT2D eigenvalue weighted by Crippen LogP contribution is -2.45. The molecule has 0 N–H and O–H groups in total. The van der Waals surface area contributed by atoms with Crippen LogP contribution in [0.2, 0.25) is 0 Å². The first kappa shape index (κ1) is 13.6. The summed E-state index contributed by atoms with van der Waals surface area (Å²) in [6.45, 7) is 2.20. The van der Waals surface area contributed by atoms with E-state index in [-0.39, 0.29) is 19.7 Å². The van der Waals surface area contributed by atoms with Crippen molar-refractivity contribution in [1.82, 2.24) is 4.90 Å². The molecule has 1 aromatic carbocycles. The standard InChI is InChI=1S/C13H15F2NO3/c1-2-16(13(17)12(14)15)7-9-8-18-10-5-3-4-6-11(10)19-9/h3-6,9,12H,2,7-8H2,1H3. The number of fused-ring (bicyclic) bond motifs is 1. The number of benzene rings is 1. The number of alkyl halides is 2. The number of ether oxygens (including phenoxy) is 2. The van der Waals surface area contributed by atoms with Gasteiger partial charge in [-0.3, -0.25) is 4.79 Å². The van der Waals surface area contributed by atoms with E-state index in [4.69, 9.17) is 9.47 Å². The molecular weight excluding hydrogens is 256 g/mol. The van der Waals surface area contributed by atoms with Crippen LogP contribution in [0, 0.1) is 0 Å². The van der Waals surface area contributed by atoms with Crippen LogP contribution in [0.4, 0.5) is 8.78 Å². The van der Waals surface area contributed by atoms with Crippen molar-refractivity contribution < 1.29 is 23.0 Å². The van der Waals surface area contributed by atoms with Gasteiger partial charge in [-0.1, -0.05) is 12.1 Å². The number of likely N-dealkylation sites (N-methyl/N-ethyl adjacent to an activating group) is 1. The molecule has 104 valence electrons. The van der Waals surface area contributed by atoms with Gasteiger partial charge >= 0.3 is 6.43 Å². The number of rotatable bonds is 4. The van der Waals surface area contributed by atoms with Gasteiger partial charge in [0.25, 0.3) is 5.91 Å². The Kier molecular flexibility index (Phi) is 4.19. The smallest absolute Gasteiger partial charge is 0.315 e. The maximum absolute atomic E-state index is 12.4. The van der Waals surface area contributed by atoms with Gasteiger partial charge < -0.3 is 14.4 Å². The molecule has 1 aliphatic rings. The van der Waals surface area contributed by atoms with Crippen LogP contribution in [0.3, 0.4) is 0 Å². The van der Waals surface area contributed by atoms with Gasteiger partial charge in [-0.2, -0.15) is 8.78 Å². The van der Waals surface area contributed by atoms with Crippen LogP contribution in [-0.4, -0.2) is 43.0 Å². The minimum Gasteiger partial charge on any atom is -0.486 e. The fourth-order valence-corrected chi connectivity index (χ4v) is 1.91. The van der Waals surface area contributed by atoms with Gasteiger partial charge in [0.15, 0.2) is 17.6 Å². The summed E-state index contributed by atoms with van der Waals surface area (Å²) in [4.78, 5) is 12.3. The van der Waals surface area contributed by atoms with E-state index in [1.54, 1.807) is 25.1 Å². The topological polar surface area (TPSA) is 38.8 Å². The number of para-hydroxylation sites is 2. The van der Waals surface area contributed by atoms with Crippen LogP contribution in [0.15, 0.2) is 24.3 Å². The zero-order valence-corrected chi connectivity index (χ0v) is 10.5. The van der Waals surface area contributed by atoms with E-state index in [0.717, 1.165) is 4.90 Å². The monoisotopic (exact) mass is 271 g/mol. The number of hydrogen-bond acceptors (Lipinski definition) is 3. The van der Waals surface area contributed by atoms with Crippen LogP contribution >= 0.6 is 0 Å². The van der Waals surface area contributed by atoms with Gasteiger partial charge in [0.2, 0.25) is 0 Å². The molecule has 0 saturated carbocycles. The van der Waals surface area contributed by atoms with Crippen LogP contribution in [0.25, 0.3) is 0 Å². The first-order valence-corrected chi connectivity index (χ1v) is 6.07. The molecule has 0 bridgehead atoms. The molecule has 6 heteroatoms. The zero-order chi connectivity index (χ0) is 13.8. The van der Waals surface area contributed by atoms with E-state index >= 15 is 0 Å². The number of nitrogens with zero attached hydrogens (tertiary/aromatic N) is 1. The first-order valence-electron chi connectivity index (χ1n) is 6.07. The number of halogens is 2. The first-order chi connectivity index (χ1) is 9.11. The highest BCUT2D eigenvalue weighted by atomic mass is 19.3. The summed E-state index contributed by atoms with van der Waals surface area (Å²) in [5.74, 6) is 0.0197. The predicted molar refractivity (Wildman–Crippen MR) is 64.6 cm³/mol. The van der Waals surface area contributed by atoms with Crippen LogP contribution in [0.1, 0.15) is 6.92 Å². The fourth-order valence-electron chi connectivity index (χ4n) is 1.91. The van der Waals surface area contributed by atoms with Gasteiger partial charge in [-0.15, -0.1) is 0 Å². The summed E-state index contributed by atoms with van der Waals surface area (Å²) >= 11 is 0. The Hall–Kier alpha value is -1.85. The van der Waals surface area contributed by atoms with Crippen molar-refractivity contribution >= 4 is 5.91 Å². The van der Waals surface area contributed by atoms with E-state index in [1.807, 2.05) is 6.07 Å². The van der Waals surface area contributed by atoms with Crippen molar-refractivity contribution in [2.45, 2.75) is 19.5 Å². The fraction of sp³-hybridized carbons (Fsp3) is 0.462. The third-order valence-electron chi connectivity index (χ3n) is 2.87. The average molecular weight is 271 g/mol. The zero-order valence-electron chi connectivity index (χ0n) is 10.5. The second kappa shape index (κ2) is 5.86. The molecule has 2 rings (SSSR count). The molecule has 0 spiro atoms. The van der Waals surface area contributed by atoms with Crippen molar-refractivity contribution in [3.05, 3.63) is 24.3 Å². The van der Waals surface area contributed by atoms with Gasteiger partial charge in [0.1, 0.15) is 6.61 Å². The van der Waals surface area contributed by atoms with Crippen molar-refractivity contribution in [3.63, 3.8) is 0 Å². The lowest BCUT2D eigenvalue weighted by atomic mass is 10.2. The van der Waals surface area contributed by atoms with Crippen molar-refractivity contribution in [1.29, 1.82) is 0 Å². The lowest BCUT2D eigenvalue weighted by molar-refractivity contribution is -0.144. The SMILES string of the molecule is CCN(CC1COc2ccccc2O1)C(=O)C(F)F. The van der Waals surface area contributed by atoms with Crippen LogP contribution < -0.4 is 9.47 Å². The molecule has 1 aromatic rings. The molecule has 1 aliphatic heterocycles. The number of amides is 1. The molecule has 1 heterocycles. The molecule has 1 amide bonds. The lowest BCUT2D eigenvalue weighted by Gasteiger charge is -2.30. The number of carbonyl (C=O) groups excluding carboxylic acids is 1. The van der Waals surface area contributed by atoms with E-state index < -0.39 is 18.4 Å². The molecule has 0 aliphatic carbocycles. The van der Waals surface area contributed by atoms with Gasteiger partial charge in [-0.05, 0) is 19.1 Å². The molecule has 19 heavy (non-hydrogen) atoms. The summed E-state index contributed by atoms with van der Waals surface area (Å²) in [6, 6.07) is 7.13. The second-order valence-corrected chi connectivity index (χ2v) is 4.18. The highest BCUT2D eigenvalue weighted by Gasteiger charge is 2.28. The van der Waals surface area contributed by atoms with E-state index in [1.165, 1.54) is 0 Å². The summed E-state index contributed by atoms with van der Waals surface area (Å²) in [7, 11) is 0. The molecule has 1 unspecified atom stereocenters. The highest BCUT2D eigenvalue weighted by molar-refractivity contribution is 5.79. The average Bonchev–Trinajstić information content (AvgIpc) is 2.43. The van der Waals surface area contributed by atoms with Crippen LogP contribution in [-0.2, 0) is 4.79 Å². The molecule has 0 aromatic heterocycles. The Balaban J connectivity index is 1.99. The minimum atomic E-state index is -2.99.